The summed E-state index contributed by atoms with van der Waals surface area (Å²) in [5, 5.41) is -0.269. The van der Waals surface area contributed by atoms with E-state index in [4.69, 9.17) is 16.3 Å². The largest absolute Gasteiger partial charge is 0.496 e. The predicted molar refractivity (Wildman–Crippen MR) is 79.4 cm³/mol. The van der Waals surface area contributed by atoms with E-state index in [1.54, 1.807) is 6.07 Å². The van der Waals surface area contributed by atoms with Crippen molar-refractivity contribution < 1.29 is 9.13 Å². The highest BCUT2D eigenvalue weighted by atomic mass is 79.9. The average Bonchev–Trinajstić information content (AvgIpc) is 2.42. The number of ether oxygens (including phenoxy) is 1. The highest BCUT2D eigenvalue weighted by Crippen LogP contribution is 2.35. The molecule has 2 aromatic rings. The van der Waals surface area contributed by atoms with E-state index in [0.29, 0.717) is 16.6 Å². The third kappa shape index (κ3) is 3.48. The number of rotatable bonds is 4. The molecule has 100 valence electrons. The lowest BCUT2D eigenvalue weighted by Crippen LogP contribution is -2.00. The summed E-state index contributed by atoms with van der Waals surface area (Å²) in [4.78, 5) is 0. The van der Waals surface area contributed by atoms with Gasteiger partial charge in [-0.25, -0.2) is 4.39 Å². The molecule has 2 rings (SSSR count). The minimum absolute atomic E-state index is 0.269. The van der Waals surface area contributed by atoms with Gasteiger partial charge < -0.3 is 4.74 Å². The smallest absolute Gasteiger partial charge is 0.141 e. The summed E-state index contributed by atoms with van der Waals surface area (Å²) in [5.74, 6) is 0.112. The predicted octanol–water partition coefficient (Wildman–Crippen LogP) is 5.12. The Balaban J connectivity index is 2.28. The van der Waals surface area contributed by atoms with Crippen molar-refractivity contribution in [2.24, 2.45) is 0 Å². The molecule has 0 radical (unpaired) electrons. The van der Waals surface area contributed by atoms with E-state index in [0.717, 1.165) is 11.1 Å². The first-order valence-corrected chi connectivity index (χ1v) is 7.05. The Labute approximate surface area is 125 Å². The Morgan fingerprint density at radius 1 is 1.26 bits per heavy atom. The van der Waals surface area contributed by atoms with Crippen molar-refractivity contribution in [1.29, 1.82) is 0 Å². The molecule has 1 unspecified atom stereocenters. The van der Waals surface area contributed by atoms with Crippen LogP contribution in [0, 0.1) is 5.82 Å². The fourth-order valence-electron chi connectivity index (χ4n) is 1.90. The summed E-state index contributed by atoms with van der Waals surface area (Å²) in [6.07, 6.45) is 0.664. The molecule has 4 heteroatoms. The first-order chi connectivity index (χ1) is 9.11. The fraction of sp³-hybridized carbons (Fsp3) is 0.200. The van der Waals surface area contributed by atoms with Crippen LogP contribution in [-0.2, 0) is 6.42 Å². The van der Waals surface area contributed by atoms with Gasteiger partial charge >= 0.3 is 0 Å². The van der Waals surface area contributed by atoms with E-state index in [1.807, 2.05) is 30.3 Å². The SMILES string of the molecule is COc1cc(F)c(Br)cc1C(Cl)Cc1ccccc1. The number of hydrogen-bond acceptors (Lipinski definition) is 1. The first kappa shape index (κ1) is 14.4. The van der Waals surface area contributed by atoms with Crippen LogP contribution < -0.4 is 4.74 Å². The topological polar surface area (TPSA) is 9.23 Å². The van der Waals surface area contributed by atoms with Crippen LogP contribution in [0.15, 0.2) is 46.9 Å². The Morgan fingerprint density at radius 2 is 1.95 bits per heavy atom. The van der Waals surface area contributed by atoms with Crippen molar-refractivity contribution in [2.75, 3.05) is 7.11 Å². The van der Waals surface area contributed by atoms with Crippen LogP contribution in [0.2, 0.25) is 0 Å². The van der Waals surface area contributed by atoms with Gasteiger partial charge in [0.05, 0.1) is 17.0 Å². The second-order valence-electron chi connectivity index (χ2n) is 4.17. The lowest BCUT2D eigenvalue weighted by atomic mass is 10.0. The summed E-state index contributed by atoms with van der Waals surface area (Å²) in [6.45, 7) is 0. The van der Waals surface area contributed by atoms with Crippen LogP contribution in [0.5, 0.6) is 5.75 Å². The Hall–Kier alpha value is -1.06. The Morgan fingerprint density at radius 3 is 2.58 bits per heavy atom. The molecule has 1 atom stereocenters. The third-order valence-electron chi connectivity index (χ3n) is 2.87. The maximum absolute atomic E-state index is 13.5. The summed E-state index contributed by atoms with van der Waals surface area (Å²) < 4.78 is 19.1. The van der Waals surface area contributed by atoms with Crippen LogP contribution in [-0.4, -0.2) is 7.11 Å². The minimum Gasteiger partial charge on any atom is -0.496 e. The van der Waals surface area contributed by atoms with Crippen molar-refractivity contribution >= 4 is 27.5 Å². The van der Waals surface area contributed by atoms with E-state index >= 15 is 0 Å². The van der Waals surface area contributed by atoms with Crippen molar-refractivity contribution in [3.8, 4) is 5.75 Å². The molecule has 0 N–H and O–H groups in total. The van der Waals surface area contributed by atoms with Gasteiger partial charge in [-0.2, -0.15) is 0 Å². The van der Waals surface area contributed by atoms with E-state index in [9.17, 15) is 4.39 Å². The van der Waals surface area contributed by atoms with E-state index in [2.05, 4.69) is 15.9 Å². The van der Waals surface area contributed by atoms with Crippen LogP contribution in [0.1, 0.15) is 16.5 Å². The molecule has 0 aliphatic heterocycles. The molecule has 0 aromatic heterocycles. The van der Waals surface area contributed by atoms with Crippen LogP contribution in [0.4, 0.5) is 4.39 Å². The Kier molecular flexibility index (Phi) is 4.83. The maximum atomic E-state index is 13.5. The van der Waals surface area contributed by atoms with E-state index < -0.39 is 0 Å². The Bertz CT molecular complexity index is 560. The number of alkyl halides is 1. The number of hydrogen-bond donors (Lipinski definition) is 0. The molecular weight excluding hydrogens is 331 g/mol. The highest BCUT2D eigenvalue weighted by Gasteiger charge is 2.17. The fourth-order valence-corrected chi connectivity index (χ4v) is 2.61. The first-order valence-electron chi connectivity index (χ1n) is 5.82. The molecule has 0 aliphatic rings. The van der Waals surface area contributed by atoms with Gasteiger partial charge in [-0.05, 0) is 34.0 Å². The van der Waals surface area contributed by atoms with Crippen LogP contribution in [0.25, 0.3) is 0 Å². The van der Waals surface area contributed by atoms with Gasteiger partial charge in [0.2, 0.25) is 0 Å². The average molecular weight is 344 g/mol. The molecule has 0 fully saturated rings. The molecule has 0 saturated heterocycles. The van der Waals surface area contributed by atoms with Crippen molar-refractivity contribution in [2.45, 2.75) is 11.8 Å². The van der Waals surface area contributed by atoms with Crippen molar-refractivity contribution in [3.63, 3.8) is 0 Å². The maximum Gasteiger partial charge on any atom is 0.141 e. The lowest BCUT2D eigenvalue weighted by Gasteiger charge is -2.15. The summed E-state index contributed by atoms with van der Waals surface area (Å²) in [7, 11) is 1.51. The van der Waals surface area contributed by atoms with Gasteiger partial charge in [0.1, 0.15) is 11.6 Å². The monoisotopic (exact) mass is 342 g/mol. The second kappa shape index (κ2) is 6.40. The molecule has 0 heterocycles. The third-order valence-corrected chi connectivity index (χ3v) is 3.86. The summed E-state index contributed by atoms with van der Waals surface area (Å²) >= 11 is 9.60. The zero-order valence-corrected chi connectivity index (χ0v) is 12.7. The summed E-state index contributed by atoms with van der Waals surface area (Å²) in [5.41, 5.74) is 1.91. The van der Waals surface area contributed by atoms with Gasteiger partial charge in [-0.3, -0.25) is 0 Å². The van der Waals surface area contributed by atoms with E-state index in [1.165, 1.54) is 13.2 Å². The van der Waals surface area contributed by atoms with Crippen molar-refractivity contribution in [3.05, 3.63) is 63.9 Å². The van der Waals surface area contributed by atoms with Gasteiger partial charge in [-0.15, -0.1) is 11.6 Å². The quantitative estimate of drug-likeness (QED) is 0.700. The number of benzene rings is 2. The zero-order valence-electron chi connectivity index (χ0n) is 10.4. The van der Waals surface area contributed by atoms with Gasteiger partial charge in [0.15, 0.2) is 0 Å². The standard InChI is InChI=1S/C15H13BrClFO/c1-19-15-9-14(18)12(16)8-11(15)13(17)7-10-5-3-2-4-6-10/h2-6,8-9,13H,7H2,1H3. The highest BCUT2D eigenvalue weighted by molar-refractivity contribution is 9.10. The molecule has 0 saturated carbocycles. The molecule has 0 aliphatic carbocycles. The lowest BCUT2D eigenvalue weighted by molar-refractivity contribution is 0.405. The molecule has 19 heavy (non-hydrogen) atoms. The number of halogens is 3. The normalized spacial score (nSPS) is 12.2. The van der Waals surface area contributed by atoms with Crippen LogP contribution >= 0.6 is 27.5 Å². The summed E-state index contributed by atoms with van der Waals surface area (Å²) in [6, 6.07) is 12.9. The number of methoxy groups -OCH3 is 1. The van der Waals surface area contributed by atoms with Crippen LogP contribution in [0.3, 0.4) is 0 Å². The van der Waals surface area contributed by atoms with E-state index in [-0.39, 0.29) is 11.2 Å². The molecular formula is C15H13BrClFO. The van der Waals surface area contributed by atoms with Gasteiger partial charge in [0.25, 0.3) is 0 Å². The van der Waals surface area contributed by atoms with Crippen molar-refractivity contribution in [1.82, 2.24) is 0 Å². The van der Waals surface area contributed by atoms with Gasteiger partial charge in [-0.1, -0.05) is 30.3 Å². The van der Waals surface area contributed by atoms with Gasteiger partial charge in [0, 0.05) is 11.6 Å². The molecule has 1 nitrogen and oxygen atoms in total. The molecule has 2 aromatic carbocycles. The second-order valence-corrected chi connectivity index (χ2v) is 5.55. The minimum atomic E-state index is -0.357. The molecule has 0 amide bonds. The molecule has 0 spiro atoms. The molecule has 0 bridgehead atoms. The zero-order chi connectivity index (χ0) is 13.8.